The Balaban J connectivity index is 1.80. The highest BCUT2D eigenvalue weighted by molar-refractivity contribution is 5.93. The van der Waals surface area contributed by atoms with Crippen molar-refractivity contribution in [3.63, 3.8) is 0 Å². The van der Waals surface area contributed by atoms with Crippen molar-refractivity contribution < 1.29 is 14.3 Å². The summed E-state index contributed by atoms with van der Waals surface area (Å²) in [7, 11) is 3.24. The first kappa shape index (κ1) is 18.0. The van der Waals surface area contributed by atoms with Crippen LogP contribution in [0.2, 0.25) is 0 Å². The molecule has 0 saturated carbocycles. The maximum Gasteiger partial charge on any atom is 0.272 e. The number of aromatic nitrogens is 1. The molecular formula is C20H25N3O3. The van der Waals surface area contributed by atoms with Crippen LogP contribution in [0.1, 0.15) is 36.2 Å². The highest BCUT2D eigenvalue weighted by Gasteiger charge is 2.18. The fourth-order valence-corrected chi connectivity index (χ4v) is 3.13. The first-order valence-electron chi connectivity index (χ1n) is 8.95. The summed E-state index contributed by atoms with van der Waals surface area (Å²) in [4.78, 5) is 19.0. The highest BCUT2D eigenvalue weighted by Crippen LogP contribution is 2.31. The number of methoxy groups -OCH3 is 2. The third-order valence-electron chi connectivity index (χ3n) is 4.56. The number of nitrogens with zero attached hydrogens (tertiary/aromatic N) is 2. The Morgan fingerprint density at radius 2 is 1.81 bits per heavy atom. The van der Waals surface area contributed by atoms with Gasteiger partial charge in [0.2, 0.25) is 0 Å². The maximum absolute atomic E-state index is 12.8. The topological polar surface area (TPSA) is 63.7 Å². The normalized spacial score (nSPS) is 14.5. The van der Waals surface area contributed by atoms with Gasteiger partial charge in [0.15, 0.2) is 0 Å². The number of ether oxygens (including phenoxy) is 2. The summed E-state index contributed by atoms with van der Waals surface area (Å²) in [5, 5.41) is 3.29. The van der Waals surface area contributed by atoms with Crippen LogP contribution in [0.3, 0.4) is 0 Å². The zero-order valence-corrected chi connectivity index (χ0v) is 15.3. The molecule has 1 aliphatic heterocycles. The lowest BCUT2D eigenvalue weighted by atomic mass is 10.2. The number of pyridine rings is 1. The van der Waals surface area contributed by atoms with E-state index in [2.05, 4.69) is 10.3 Å². The zero-order chi connectivity index (χ0) is 18.4. The Morgan fingerprint density at radius 1 is 1.04 bits per heavy atom. The van der Waals surface area contributed by atoms with Gasteiger partial charge in [-0.25, -0.2) is 0 Å². The molecule has 1 aromatic carbocycles. The van der Waals surface area contributed by atoms with Gasteiger partial charge in [-0.1, -0.05) is 12.8 Å². The Labute approximate surface area is 154 Å². The van der Waals surface area contributed by atoms with Crippen molar-refractivity contribution in [2.24, 2.45) is 0 Å². The van der Waals surface area contributed by atoms with Crippen molar-refractivity contribution in [1.82, 2.24) is 9.88 Å². The van der Waals surface area contributed by atoms with E-state index in [1.54, 1.807) is 26.5 Å². The number of rotatable bonds is 5. The number of carbonyl (C=O) groups is 1. The van der Waals surface area contributed by atoms with Crippen LogP contribution in [-0.4, -0.2) is 43.1 Å². The molecule has 1 aliphatic rings. The number of hydrogen-bond acceptors (Lipinski definition) is 5. The van der Waals surface area contributed by atoms with Crippen LogP contribution in [0.4, 0.5) is 11.4 Å². The van der Waals surface area contributed by atoms with Gasteiger partial charge in [-0.15, -0.1) is 0 Å². The quantitative estimate of drug-likeness (QED) is 0.882. The minimum atomic E-state index is -0.00634. The van der Waals surface area contributed by atoms with E-state index in [4.69, 9.17) is 9.47 Å². The van der Waals surface area contributed by atoms with Crippen LogP contribution in [0.15, 0.2) is 36.5 Å². The second kappa shape index (κ2) is 8.56. The van der Waals surface area contributed by atoms with Crippen LogP contribution in [-0.2, 0) is 0 Å². The molecule has 6 heteroatoms. The van der Waals surface area contributed by atoms with E-state index < -0.39 is 0 Å². The first-order valence-corrected chi connectivity index (χ1v) is 8.95. The Morgan fingerprint density at radius 3 is 2.50 bits per heavy atom. The van der Waals surface area contributed by atoms with Gasteiger partial charge in [0.1, 0.15) is 17.2 Å². The number of nitrogens with one attached hydrogen (secondary N) is 1. The molecular weight excluding hydrogens is 330 g/mol. The van der Waals surface area contributed by atoms with Crippen molar-refractivity contribution in [2.45, 2.75) is 25.7 Å². The number of anilines is 2. The summed E-state index contributed by atoms with van der Waals surface area (Å²) < 4.78 is 10.7. The molecule has 1 aromatic heterocycles. The molecule has 1 fully saturated rings. The van der Waals surface area contributed by atoms with Gasteiger partial charge in [0, 0.05) is 31.0 Å². The minimum absolute atomic E-state index is 0.00634. The molecule has 1 saturated heterocycles. The van der Waals surface area contributed by atoms with E-state index in [1.165, 1.54) is 12.8 Å². The lowest BCUT2D eigenvalue weighted by Crippen LogP contribution is -2.32. The molecule has 0 bridgehead atoms. The zero-order valence-electron chi connectivity index (χ0n) is 15.3. The van der Waals surface area contributed by atoms with Crippen LogP contribution < -0.4 is 14.8 Å². The number of likely N-dealkylation sites (tertiary alicyclic amines) is 1. The maximum atomic E-state index is 12.8. The van der Waals surface area contributed by atoms with Crippen LogP contribution in [0.25, 0.3) is 0 Å². The van der Waals surface area contributed by atoms with Gasteiger partial charge < -0.3 is 19.7 Å². The van der Waals surface area contributed by atoms with Crippen molar-refractivity contribution in [2.75, 3.05) is 32.6 Å². The number of benzene rings is 1. The molecule has 2 heterocycles. The molecule has 26 heavy (non-hydrogen) atoms. The van der Waals surface area contributed by atoms with E-state index in [9.17, 15) is 4.79 Å². The SMILES string of the molecule is COc1ccc(OC)c(Nc2ccnc(C(=O)N3CCCCCC3)c2)c1. The molecule has 1 amide bonds. The standard InChI is InChI=1S/C20H25N3O3/c1-25-16-7-8-19(26-2)17(14-16)22-15-9-10-21-18(13-15)20(24)23-11-5-3-4-6-12-23/h7-10,13-14H,3-6,11-12H2,1-2H3,(H,21,22). The van der Waals surface area contributed by atoms with Crippen LogP contribution >= 0.6 is 0 Å². The highest BCUT2D eigenvalue weighted by atomic mass is 16.5. The van der Waals surface area contributed by atoms with Gasteiger partial charge in [0.05, 0.1) is 19.9 Å². The molecule has 0 spiro atoms. The van der Waals surface area contributed by atoms with Crippen molar-refractivity contribution in [1.29, 1.82) is 0 Å². The first-order chi connectivity index (χ1) is 12.7. The van der Waals surface area contributed by atoms with E-state index in [0.717, 1.165) is 43.1 Å². The molecule has 0 unspecified atom stereocenters. The van der Waals surface area contributed by atoms with Gasteiger partial charge >= 0.3 is 0 Å². The predicted molar refractivity (Wildman–Crippen MR) is 101 cm³/mol. The minimum Gasteiger partial charge on any atom is -0.497 e. The lowest BCUT2D eigenvalue weighted by molar-refractivity contribution is 0.0756. The van der Waals surface area contributed by atoms with E-state index in [-0.39, 0.29) is 5.91 Å². The van der Waals surface area contributed by atoms with Crippen LogP contribution in [0, 0.1) is 0 Å². The van der Waals surface area contributed by atoms with Gasteiger partial charge in [-0.2, -0.15) is 0 Å². The number of hydrogen-bond donors (Lipinski definition) is 1. The van der Waals surface area contributed by atoms with E-state index >= 15 is 0 Å². The van der Waals surface area contributed by atoms with Crippen molar-refractivity contribution >= 4 is 17.3 Å². The summed E-state index contributed by atoms with van der Waals surface area (Å²) in [6.07, 6.45) is 6.15. The molecule has 6 nitrogen and oxygen atoms in total. The third kappa shape index (κ3) is 4.25. The van der Waals surface area contributed by atoms with Crippen molar-refractivity contribution in [3.05, 3.63) is 42.2 Å². The Hall–Kier alpha value is -2.76. The summed E-state index contributed by atoms with van der Waals surface area (Å²) in [6, 6.07) is 9.15. The Kier molecular flexibility index (Phi) is 5.94. The molecule has 0 aliphatic carbocycles. The van der Waals surface area contributed by atoms with Gasteiger partial charge in [-0.3, -0.25) is 9.78 Å². The molecule has 138 valence electrons. The number of carbonyl (C=O) groups excluding carboxylic acids is 1. The molecule has 1 N–H and O–H groups in total. The summed E-state index contributed by atoms with van der Waals surface area (Å²) in [5.41, 5.74) is 2.01. The fourth-order valence-electron chi connectivity index (χ4n) is 3.13. The molecule has 2 aromatic rings. The molecule has 0 atom stereocenters. The Bertz CT molecular complexity index is 756. The second-order valence-electron chi connectivity index (χ2n) is 6.33. The lowest BCUT2D eigenvalue weighted by Gasteiger charge is -2.20. The van der Waals surface area contributed by atoms with Crippen LogP contribution in [0.5, 0.6) is 11.5 Å². The summed E-state index contributed by atoms with van der Waals surface area (Å²) in [6.45, 7) is 1.61. The van der Waals surface area contributed by atoms with E-state index in [0.29, 0.717) is 11.4 Å². The average Bonchev–Trinajstić information content (AvgIpc) is 2.97. The average molecular weight is 355 g/mol. The van der Waals surface area contributed by atoms with Gasteiger partial charge in [-0.05, 0) is 37.1 Å². The summed E-state index contributed by atoms with van der Waals surface area (Å²) >= 11 is 0. The monoisotopic (exact) mass is 355 g/mol. The molecule has 3 rings (SSSR count). The summed E-state index contributed by atoms with van der Waals surface area (Å²) in [5.74, 6) is 1.42. The predicted octanol–water partition coefficient (Wildman–Crippen LogP) is 3.86. The molecule has 0 radical (unpaired) electrons. The van der Waals surface area contributed by atoms with Gasteiger partial charge in [0.25, 0.3) is 5.91 Å². The number of amides is 1. The van der Waals surface area contributed by atoms with Crippen molar-refractivity contribution in [3.8, 4) is 11.5 Å². The third-order valence-corrected chi connectivity index (χ3v) is 4.56. The second-order valence-corrected chi connectivity index (χ2v) is 6.33. The van der Waals surface area contributed by atoms with E-state index in [1.807, 2.05) is 29.2 Å². The largest absolute Gasteiger partial charge is 0.497 e. The fraction of sp³-hybridized carbons (Fsp3) is 0.400. The smallest absolute Gasteiger partial charge is 0.272 e.